The molecular weight excluding hydrogens is 474 g/mol. The molecule has 4 aromatic rings. The lowest BCUT2D eigenvalue weighted by Gasteiger charge is -2.16. The van der Waals surface area contributed by atoms with Gasteiger partial charge in [0.25, 0.3) is 5.91 Å². The van der Waals surface area contributed by atoms with Gasteiger partial charge in [0, 0.05) is 30.3 Å². The summed E-state index contributed by atoms with van der Waals surface area (Å²) in [5.74, 6) is -1.81. The number of alkyl carbamates (subject to hydrolysis) is 1. The Hall–Kier alpha value is -4.52. The number of nitrogens with one attached hydrogen (secondary N) is 2. The third kappa shape index (κ3) is 6.58. The molecule has 2 N–H and O–H groups in total. The molecule has 0 saturated heterocycles. The van der Waals surface area contributed by atoms with Gasteiger partial charge in [-0.1, -0.05) is 78.9 Å². The maximum Gasteiger partial charge on any atom is 0.408 e. The second-order valence-corrected chi connectivity index (χ2v) is 8.43. The van der Waals surface area contributed by atoms with Crippen LogP contribution in [0.15, 0.2) is 97.1 Å². The second-order valence-electron chi connectivity index (χ2n) is 8.43. The Labute approximate surface area is 214 Å². The zero-order chi connectivity index (χ0) is 26.2. The molecule has 0 aliphatic heterocycles. The monoisotopic (exact) mass is 500 g/mol. The lowest BCUT2D eigenvalue weighted by Crippen LogP contribution is -2.25. The van der Waals surface area contributed by atoms with Crippen LogP contribution in [0.25, 0.3) is 11.1 Å². The van der Waals surface area contributed by atoms with Gasteiger partial charge in [-0.05, 0) is 41.3 Å². The number of hydrogen-bond donors (Lipinski definition) is 2. The van der Waals surface area contributed by atoms with Gasteiger partial charge in [0.2, 0.25) is 0 Å². The highest BCUT2D eigenvalue weighted by Crippen LogP contribution is 2.27. The molecular formula is C30H26F2N2O3. The van der Waals surface area contributed by atoms with E-state index in [2.05, 4.69) is 10.6 Å². The third-order valence-corrected chi connectivity index (χ3v) is 5.91. The van der Waals surface area contributed by atoms with Crippen LogP contribution in [0, 0.1) is 11.6 Å². The third-order valence-electron chi connectivity index (χ3n) is 5.91. The number of amides is 2. The van der Waals surface area contributed by atoms with E-state index in [4.69, 9.17) is 4.74 Å². The van der Waals surface area contributed by atoms with Crippen LogP contribution in [0.4, 0.5) is 13.6 Å². The quantitative estimate of drug-likeness (QED) is 0.288. The maximum atomic E-state index is 14.0. The largest absolute Gasteiger partial charge is 0.442 e. The zero-order valence-corrected chi connectivity index (χ0v) is 20.2. The zero-order valence-electron chi connectivity index (χ0n) is 20.2. The lowest BCUT2D eigenvalue weighted by molar-refractivity contribution is 0.0950. The van der Waals surface area contributed by atoms with Crippen LogP contribution in [-0.4, -0.2) is 12.0 Å². The summed E-state index contributed by atoms with van der Waals surface area (Å²) in [6, 6.07) is 27.1. The van der Waals surface area contributed by atoms with E-state index in [1.165, 1.54) is 6.07 Å². The van der Waals surface area contributed by atoms with Gasteiger partial charge in [0.15, 0.2) is 0 Å². The van der Waals surface area contributed by atoms with Gasteiger partial charge in [0.05, 0.1) is 0 Å². The first-order valence-corrected chi connectivity index (χ1v) is 11.8. The Morgan fingerprint density at radius 3 is 2.16 bits per heavy atom. The Kier molecular flexibility index (Phi) is 8.26. The van der Waals surface area contributed by atoms with E-state index in [0.29, 0.717) is 11.1 Å². The summed E-state index contributed by atoms with van der Waals surface area (Å²) in [5.41, 5.74) is 3.66. The summed E-state index contributed by atoms with van der Waals surface area (Å²) in [6.07, 6.45) is -0.967. The van der Waals surface area contributed by atoms with Crippen LogP contribution in [-0.2, 0) is 17.8 Å². The standard InChI is InChI=1S/C30H26F2N2O3/c1-20(21-9-3-2-4-10-21)37-30(36)34-18-22-11-5-6-12-25(22)26-13-7-8-14-27(26)29(35)33-19-23-15-16-24(31)17-28(23)32/h2-17,20H,18-19H2,1H3,(H,33,35)(H,34,36)/t20-/m1/s1. The Morgan fingerprint density at radius 2 is 1.41 bits per heavy atom. The summed E-state index contributed by atoms with van der Waals surface area (Å²) >= 11 is 0. The molecule has 0 aliphatic rings. The number of carbonyl (C=O) groups excluding carboxylic acids is 2. The number of carbonyl (C=O) groups is 2. The van der Waals surface area contributed by atoms with Gasteiger partial charge in [0.1, 0.15) is 17.7 Å². The number of rotatable bonds is 8. The summed E-state index contributed by atoms with van der Waals surface area (Å²) in [5, 5.41) is 5.48. The predicted molar refractivity (Wildman–Crippen MR) is 138 cm³/mol. The number of ether oxygens (including phenoxy) is 1. The van der Waals surface area contributed by atoms with Crippen molar-refractivity contribution >= 4 is 12.0 Å². The molecule has 0 aromatic heterocycles. The SMILES string of the molecule is C[C@@H](OC(=O)NCc1ccccc1-c1ccccc1C(=O)NCc1ccc(F)cc1F)c1ccccc1. The molecule has 2 amide bonds. The van der Waals surface area contributed by atoms with E-state index in [-0.39, 0.29) is 18.7 Å². The molecule has 5 nitrogen and oxygen atoms in total. The minimum atomic E-state index is -0.724. The van der Waals surface area contributed by atoms with Crippen molar-refractivity contribution in [2.45, 2.75) is 26.1 Å². The van der Waals surface area contributed by atoms with E-state index in [1.807, 2.05) is 66.7 Å². The highest BCUT2D eigenvalue weighted by molar-refractivity contribution is 6.01. The van der Waals surface area contributed by atoms with Gasteiger partial charge in [-0.3, -0.25) is 4.79 Å². The first-order chi connectivity index (χ1) is 17.9. The second kappa shape index (κ2) is 11.9. The summed E-state index contributed by atoms with van der Waals surface area (Å²) in [7, 11) is 0. The van der Waals surface area contributed by atoms with Crippen LogP contribution < -0.4 is 10.6 Å². The van der Waals surface area contributed by atoms with Crippen molar-refractivity contribution in [2.75, 3.05) is 0 Å². The van der Waals surface area contributed by atoms with Crippen LogP contribution in [0.1, 0.15) is 40.1 Å². The molecule has 0 aliphatic carbocycles. The Bertz CT molecular complexity index is 1390. The van der Waals surface area contributed by atoms with Crippen LogP contribution in [0.2, 0.25) is 0 Å². The molecule has 0 heterocycles. The molecule has 1 atom stereocenters. The minimum Gasteiger partial charge on any atom is -0.442 e. The van der Waals surface area contributed by atoms with Gasteiger partial charge >= 0.3 is 6.09 Å². The fourth-order valence-corrected chi connectivity index (χ4v) is 3.95. The summed E-state index contributed by atoms with van der Waals surface area (Å²) < 4.78 is 32.7. The van der Waals surface area contributed by atoms with Gasteiger partial charge < -0.3 is 15.4 Å². The van der Waals surface area contributed by atoms with Crippen molar-refractivity contribution in [2.24, 2.45) is 0 Å². The molecule has 188 valence electrons. The molecule has 0 fully saturated rings. The molecule has 0 spiro atoms. The number of benzene rings is 4. The van der Waals surface area contributed by atoms with Crippen molar-refractivity contribution in [1.82, 2.24) is 10.6 Å². The first-order valence-electron chi connectivity index (χ1n) is 11.8. The van der Waals surface area contributed by atoms with Crippen molar-refractivity contribution in [1.29, 1.82) is 0 Å². The smallest absolute Gasteiger partial charge is 0.408 e. The summed E-state index contributed by atoms with van der Waals surface area (Å²) in [4.78, 5) is 25.5. The van der Waals surface area contributed by atoms with Crippen molar-refractivity contribution in [3.05, 3.63) is 131 Å². The van der Waals surface area contributed by atoms with Gasteiger partial charge in [-0.15, -0.1) is 0 Å². The first kappa shape index (κ1) is 25.6. The molecule has 4 aromatic carbocycles. The molecule has 7 heteroatoms. The van der Waals surface area contributed by atoms with E-state index in [9.17, 15) is 18.4 Å². The summed E-state index contributed by atoms with van der Waals surface area (Å²) in [6.45, 7) is 1.90. The van der Waals surface area contributed by atoms with Crippen molar-refractivity contribution in [3.63, 3.8) is 0 Å². The van der Waals surface area contributed by atoms with E-state index in [1.54, 1.807) is 19.1 Å². The molecule has 0 unspecified atom stereocenters. The number of hydrogen-bond acceptors (Lipinski definition) is 3. The normalized spacial score (nSPS) is 11.4. The Balaban J connectivity index is 1.47. The fraction of sp³-hybridized carbons (Fsp3) is 0.133. The van der Waals surface area contributed by atoms with E-state index >= 15 is 0 Å². The average molecular weight is 501 g/mol. The molecule has 4 rings (SSSR count). The average Bonchev–Trinajstić information content (AvgIpc) is 2.92. The predicted octanol–water partition coefficient (Wildman–Crippen LogP) is 6.55. The van der Waals surface area contributed by atoms with Crippen LogP contribution in [0.5, 0.6) is 0 Å². The van der Waals surface area contributed by atoms with Crippen LogP contribution >= 0.6 is 0 Å². The number of halogens is 2. The van der Waals surface area contributed by atoms with Crippen LogP contribution in [0.3, 0.4) is 0 Å². The minimum absolute atomic E-state index is 0.0894. The lowest BCUT2D eigenvalue weighted by atomic mass is 9.95. The maximum absolute atomic E-state index is 14.0. The van der Waals surface area contributed by atoms with E-state index < -0.39 is 29.7 Å². The highest BCUT2D eigenvalue weighted by atomic mass is 19.1. The Morgan fingerprint density at radius 1 is 0.757 bits per heavy atom. The topological polar surface area (TPSA) is 67.4 Å². The highest BCUT2D eigenvalue weighted by Gasteiger charge is 2.17. The molecule has 0 radical (unpaired) electrons. The van der Waals surface area contributed by atoms with E-state index in [0.717, 1.165) is 28.8 Å². The molecule has 37 heavy (non-hydrogen) atoms. The fourth-order valence-electron chi connectivity index (χ4n) is 3.95. The molecule has 0 bridgehead atoms. The van der Waals surface area contributed by atoms with Crippen molar-refractivity contribution < 1.29 is 23.1 Å². The van der Waals surface area contributed by atoms with Gasteiger partial charge in [-0.25, -0.2) is 13.6 Å². The van der Waals surface area contributed by atoms with Gasteiger partial charge in [-0.2, -0.15) is 0 Å². The molecule has 0 saturated carbocycles. The van der Waals surface area contributed by atoms with Crippen molar-refractivity contribution in [3.8, 4) is 11.1 Å².